The second kappa shape index (κ2) is 7.54. The van der Waals surface area contributed by atoms with Gasteiger partial charge in [0.25, 0.3) is 5.91 Å². The zero-order chi connectivity index (χ0) is 22.5. The van der Waals surface area contributed by atoms with Gasteiger partial charge in [-0.3, -0.25) is 15.0 Å². The molecule has 1 N–H and O–H groups in total. The highest BCUT2D eigenvalue weighted by Gasteiger charge is 2.32. The summed E-state index contributed by atoms with van der Waals surface area (Å²) in [5.74, 6) is -0.406. The monoisotopic (exact) mass is 444 g/mol. The van der Waals surface area contributed by atoms with E-state index in [1.807, 2.05) is 10.6 Å². The summed E-state index contributed by atoms with van der Waals surface area (Å²) in [6, 6.07) is 9.80. The Balaban J connectivity index is 1.48. The Morgan fingerprint density at radius 3 is 2.69 bits per heavy atom. The van der Waals surface area contributed by atoms with E-state index in [1.54, 1.807) is 12.1 Å². The topological polar surface area (TPSA) is 76.5 Å². The third kappa shape index (κ3) is 3.76. The molecule has 2 aromatic carbocycles. The van der Waals surface area contributed by atoms with E-state index in [4.69, 9.17) is 4.74 Å². The maximum atomic E-state index is 13.0. The number of rotatable bonds is 4. The smallest absolute Gasteiger partial charge is 0.416 e. The fraction of sp³-hybridized carbons (Fsp3) is 0.318. The molecule has 0 bridgehead atoms. The van der Waals surface area contributed by atoms with Crippen LogP contribution < -0.4 is 10.2 Å². The molecule has 0 radical (unpaired) electrons. The molecule has 2 aliphatic rings. The Morgan fingerprint density at radius 1 is 1.16 bits per heavy atom. The van der Waals surface area contributed by atoms with Crippen LogP contribution in [-0.2, 0) is 10.9 Å². The molecule has 10 heteroatoms. The van der Waals surface area contributed by atoms with Gasteiger partial charge in [-0.2, -0.15) is 13.2 Å². The van der Waals surface area contributed by atoms with Gasteiger partial charge < -0.3 is 9.30 Å². The van der Waals surface area contributed by atoms with E-state index in [1.165, 1.54) is 17.0 Å². The predicted octanol–water partition coefficient (Wildman–Crippen LogP) is 4.99. The number of nitrogens with zero attached hydrogens (tertiary/aromatic N) is 3. The molecule has 2 fully saturated rings. The Labute approximate surface area is 180 Å². The molecule has 32 heavy (non-hydrogen) atoms. The molecular weight excluding hydrogens is 425 g/mol. The van der Waals surface area contributed by atoms with Gasteiger partial charge in [0.15, 0.2) is 0 Å². The maximum absolute atomic E-state index is 13.0. The van der Waals surface area contributed by atoms with Gasteiger partial charge in [-0.15, -0.1) is 0 Å². The van der Waals surface area contributed by atoms with Crippen molar-refractivity contribution < 1.29 is 27.5 Å². The zero-order valence-corrected chi connectivity index (χ0v) is 16.9. The number of cyclic esters (lactones) is 1. The molecule has 5 rings (SSSR count). The van der Waals surface area contributed by atoms with Gasteiger partial charge >= 0.3 is 12.3 Å². The number of hydrogen-bond donors (Lipinski definition) is 1. The lowest BCUT2D eigenvalue weighted by molar-refractivity contribution is -0.137. The molecule has 2 heterocycles. The van der Waals surface area contributed by atoms with E-state index in [0.29, 0.717) is 24.4 Å². The van der Waals surface area contributed by atoms with Gasteiger partial charge in [0, 0.05) is 23.8 Å². The van der Waals surface area contributed by atoms with E-state index in [9.17, 15) is 22.8 Å². The van der Waals surface area contributed by atoms with Crippen molar-refractivity contribution >= 4 is 34.7 Å². The molecule has 1 aliphatic heterocycles. The first-order chi connectivity index (χ1) is 15.3. The number of hydrogen-bond acceptors (Lipinski definition) is 4. The molecule has 1 saturated heterocycles. The highest BCUT2D eigenvalue weighted by Crippen LogP contribution is 2.41. The summed E-state index contributed by atoms with van der Waals surface area (Å²) in [6.45, 7) is 0.923. The predicted molar refractivity (Wildman–Crippen MR) is 111 cm³/mol. The van der Waals surface area contributed by atoms with Gasteiger partial charge in [-0.1, -0.05) is 6.07 Å². The van der Waals surface area contributed by atoms with Crippen LogP contribution >= 0.6 is 0 Å². The summed E-state index contributed by atoms with van der Waals surface area (Å²) in [6.07, 6.45) is -2.41. The standard InChI is InChI=1S/C22H19F3N4O3/c23-22(24,25)14-4-1-3-13(11-14)19(30)27-20-26-17-12-16(28-9-2-10-32-21(28)31)7-8-18(17)29(20)15-5-6-15/h1,3-4,7-8,11-12,15H,2,5-6,9-10H2,(H,26,27,30). The van der Waals surface area contributed by atoms with Crippen LogP contribution in [0.2, 0.25) is 0 Å². The Kier molecular flexibility index (Phi) is 4.79. The van der Waals surface area contributed by atoms with Crippen LogP contribution in [-0.4, -0.2) is 34.7 Å². The van der Waals surface area contributed by atoms with E-state index in [2.05, 4.69) is 10.3 Å². The Bertz CT molecular complexity index is 1220. The molecule has 1 aliphatic carbocycles. The van der Waals surface area contributed by atoms with E-state index < -0.39 is 23.7 Å². The first-order valence-corrected chi connectivity index (χ1v) is 10.3. The van der Waals surface area contributed by atoms with E-state index in [0.717, 1.165) is 36.9 Å². The van der Waals surface area contributed by atoms with Gasteiger partial charge in [-0.25, -0.2) is 9.78 Å². The summed E-state index contributed by atoms with van der Waals surface area (Å²) in [5.41, 5.74) is 0.997. The van der Waals surface area contributed by atoms with Crippen molar-refractivity contribution in [3.63, 3.8) is 0 Å². The van der Waals surface area contributed by atoms with Gasteiger partial charge in [0.1, 0.15) is 0 Å². The molecule has 0 atom stereocenters. The number of benzene rings is 2. The lowest BCUT2D eigenvalue weighted by atomic mass is 10.1. The third-order valence-corrected chi connectivity index (χ3v) is 5.55. The van der Waals surface area contributed by atoms with Crippen molar-refractivity contribution in [2.45, 2.75) is 31.5 Å². The molecule has 1 saturated carbocycles. The van der Waals surface area contributed by atoms with Crippen LogP contribution in [0.5, 0.6) is 0 Å². The fourth-order valence-electron chi connectivity index (χ4n) is 3.84. The van der Waals surface area contributed by atoms with Crippen LogP contribution in [0.4, 0.5) is 29.6 Å². The second-order valence-electron chi connectivity index (χ2n) is 7.86. The number of halogens is 3. The lowest BCUT2D eigenvalue weighted by Crippen LogP contribution is -2.37. The molecule has 166 valence electrons. The normalized spacial score (nSPS) is 16.8. The van der Waals surface area contributed by atoms with Crippen molar-refractivity contribution in [2.24, 2.45) is 0 Å². The van der Waals surface area contributed by atoms with Crippen LogP contribution in [0.3, 0.4) is 0 Å². The van der Waals surface area contributed by atoms with Gasteiger partial charge in [-0.05, 0) is 55.7 Å². The molecule has 7 nitrogen and oxygen atoms in total. The van der Waals surface area contributed by atoms with Crippen molar-refractivity contribution in [1.82, 2.24) is 9.55 Å². The molecular formula is C22H19F3N4O3. The minimum absolute atomic E-state index is 0.106. The second-order valence-corrected chi connectivity index (χ2v) is 7.86. The Morgan fingerprint density at radius 2 is 1.97 bits per heavy atom. The molecule has 0 unspecified atom stereocenters. The van der Waals surface area contributed by atoms with Crippen LogP contribution in [0.25, 0.3) is 11.0 Å². The Hall–Kier alpha value is -3.56. The van der Waals surface area contributed by atoms with Crippen molar-refractivity contribution in [1.29, 1.82) is 0 Å². The van der Waals surface area contributed by atoms with Crippen molar-refractivity contribution in [2.75, 3.05) is 23.4 Å². The third-order valence-electron chi connectivity index (χ3n) is 5.55. The van der Waals surface area contributed by atoms with Crippen LogP contribution in [0.15, 0.2) is 42.5 Å². The summed E-state index contributed by atoms with van der Waals surface area (Å²) in [7, 11) is 0. The summed E-state index contributed by atoms with van der Waals surface area (Å²) in [5, 5.41) is 2.66. The summed E-state index contributed by atoms with van der Waals surface area (Å²) in [4.78, 5) is 30.8. The number of ether oxygens (including phenoxy) is 1. The largest absolute Gasteiger partial charge is 0.449 e. The number of amides is 2. The molecule has 3 aromatic rings. The molecule has 2 amide bonds. The average Bonchev–Trinajstić information content (AvgIpc) is 3.54. The highest BCUT2D eigenvalue weighted by atomic mass is 19.4. The number of carbonyl (C=O) groups is 2. The number of imidazole rings is 1. The van der Waals surface area contributed by atoms with Gasteiger partial charge in [0.05, 0.1) is 23.2 Å². The van der Waals surface area contributed by atoms with Crippen molar-refractivity contribution in [3.05, 3.63) is 53.6 Å². The number of fused-ring (bicyclic) bond motifs is 1. The maximum Gasteiger partial charge on any atom is 0.416 e. The lowest BCUT2D eigenvalue weighted by Gasteiger charge is -2.26. The quantitative estimate of drug-likeness (QED) is 0.615. The van der Waals surface area contributed by atoms with Crippen LogP contribution in [0, 0.1) is 0 Å². The SMILES string of the molecule is O=C(Nc1nc2cc(N3CCCOC3=O)ccc2n1C1CC1)c1cccc(C(F)(F)F)c1. The average molecular weight is 444 g/mol. The van der Waals surface area contributed by atoms with Crippen LogP contribution in [0.1, 0.15) is 41.2 Å². The number of carbonyl (C=O) groups excluding carboxylic acids is 2. The minimum atomic E-state index is -4.54. The molecule has 1 aromatic heterocycles. The minimum Gasteiger partial charge on any atom is -0.449 e. The van der Waals surface area contributed by atoms with Gasteiger partial charge in [0.2, 0.25) is 5.95 Å². The number of nitrogens with one attached hydrogen (secondary N) is 1. The number of alkyl halides is 3. The van der Waals surface area contributed by atoms with E-state index in [-0.39, 0.29) is 17.6 Å². The fourth-order valence-corrected chi connectivity index (χ4v) is 3.84. The first-order valence-electron chi connectivity index (χ1n) is 10.3. The van der Waals surface area contributed by atoms with E-state index >= 15 is 0 Å². The first kappa shape index (κ1) is 20.3. The van der Waals surface area contributed by atoms with Crippen molar-refractivity contribution in [3.8, 4) is 0 Å². The molecule has 0 spiro atoms. The number of anilines is 2. The summed E-state index contributed by atoms with van der Waals surface area (Å²) >= 11 is 0. The number of aromatic nitrogens is 2. The highest BCUT2D eigenvalue weighted by molar-refractivity contribution is 6.04. The zero-order valence-electron chi connectivity index (χ0n) is 16.9. The summed E-state index contributed by atoms with van der Waals surface area (Å²) < 4.78 is 46.0.